The molecule has 4 nitrogen and oxygen atoms in total. The number of hydrogen-bond donors (Lipinski definition) is 1. The van der Waals surface area contributed by atoms with E-state index in [2.05, 4.69) is 47.2 Å². The lowest BCUT2D eigenvalue weighted by molar-refractivity contribution is -0.0157. The quantitative estimate of drug-likeness (QED) is 0.787. The fourth-order valence-corrected chi connectivity index (χ4v) is 6.80. The van der Waals surface area contributed by atoms with Crippen LogP contribution in [0.5, 0.6) is 0 Å². The number of benzene rings is 1. The summed E-state index contributed by atoms with van der Waals surface area (Å²) in [5, 5.41) is 3.54. The molecule has 1 aromatic carbocycles. The molecule has 0 radical (unpaired) electrons. The third kappa shape index (κ3) is 3.49. The molecule has 0 atom stereocenters. The zero-order chi connectivity index (χ0) is 18.6. The number of carbonyl (C=O) groups is 1. The minimum absolute atomic E-state index is 0. The van der Waals surface area contributed by atoms with E-state index >= 15 is 0 Å². The Labute approximate surface area is 175 Å². The first-order valence-electron chi connectivity index (χ1n) is 10.9. The minimum Gasteiger partial charge on any atom is -0.368 e. The highest BCUT2D eigenvalue weighted by molar-refractivity contribution is 5.85. The number of carbonyl (C=O) groups excluding carboxylic acids is 1. The molecule has 1 saturated heterocycles. The van der Waals surface area contributed by atoms with Gasteiger partial charge in [0.1, 0.15) is 0 Å². The molecular weight excluding hydrogens is 370 g/mol. The van der Waals surface area contributed by atoms with Crippen molar-refractivity contribution in [2.45, 2.75) is 57.9 Å². The average molecular weight is 404 g/mol. The predicted octanol–water partition coefficient (Wildman–Crippen LogP) is 4.53. The summed E-state index contributed by atoms with van der Waals surface area (Å²) in [6.07, 6.45) is 7.95. The summed E-state index contributed by atoms with van der Waals surface area (Å²) in [4.78, 5) is 17.5. The topological polar surface area (TPSA) is 35.6 Å². The first-order chi connectivity index (χ1) is 13.0. The van der Waals surface area contributed by atoms with Crippen LogP contribution < -0.4 is 10.2 Å². The smallest absolute Gasteiger partial charge is 0.317 e. The van der Waals surface area contributed by atoms with E-state index in [0.29, 0.717) is 0 Å². The van der Waals surface area contributed by atoms with Crippen molar-refractivity contribution in [3.63, 3.8) is 0 Å². The largest absolute Gasteiger partial charge is 0.368 e. The van der Waals surface area contributed by atoms with E-state index in [1.807, 2.05) is 0 Å². The third-order valence-corrected chi connectivity index (χ3v) is 7.89. The van der Waals surface area contributed by atoms with Crippen molar-refractivity contribution < 1.29 is 4.79 Å². The Bertz CT molecular complexity index is 706. The standard InChI is InChI=1S/C23H33N3O.ClH/c1-16-4-3-5-21(17(16)2)25-6-8-26(9-7-25)22(27)24-23-13-18-10-19(14-23)12-20(11-18)15-23;/h3-5,18-20H,6-15H2,1-2H3,(H,24,27);1H. The average Bonchev–Trinajstić information content (AvgIpc) is 2.63. The lowest BCUT2D eigenvalue weighted by Gasteiger charge is -2.57. The van der Waals surface area contributed by atoms with Crippen LogP contribution in [0.2, 0.25) is 0 Å². The van der Waals surface area contributed by atoms with Gasteiger partial charge in [0.15, 0.2) is 0 Å². The van der Waals surface area contributed by atoms with Crippen molar-refractivity contribution in [1.29, 1.82) is 0 Å². The van der Waals surface area contributed by atoms with Gasteiger partial charge in [0.05, 0.1) is 0 Å². The summed E-state index contributed by atoms with van der Waals surface area (Å²) < 4.78 is 0. The number of halogens is 1. The lowest BCUT2D eigenvalue weighted by Crippen LogP contribution is -2.63. The Morgan fingerprint density at radius 2 is 1.54 bits per heavy atom. The first-order valence-corrected chi connectivity index (χ1v) is 10.9. The number of hydrogen-bond acceptors (Lipinski definition) is 2. The van der Waals surface area contributed by atoms with Gasteiger partial charge in [0.2, 0.25) is 0 Å². The summed E-state index contributed by atoms with van der Waals surface area (Å²) in [6.45, 7) is 7.89. The summed E-state index contributed by atoms with van der Waals surface area (Å²) in [5.41, 5.74) is 4.16. The molecule has 5 heteroatoms. The van der Waals surface area contributed by atoms with Crippen LogP contribution in [0.3, 0.4) is 0 Å². The molecule has 0 spiro atoms. The Morgan fingerprint density at radius 3 is 2.11 bits per heavy atom. The maximum absolute atomic E-state index is 13.0. The van der Waals surface area contributed by atoms with E-state index in [-0.39, 0.29) is 24.0 Å². The van der Waals surface area contributed by atoms with Crippen LogP contribution in [0.25, 0.3) is 0 Å². The Morgan fingerprint density at radius 1 is 0.964 bits per heavy atom. The van der Waals surface area contributed by atoms with E-state index in [9.17, 15) is 4.79 Å². The van der Waals surface area contributed by atoms with Crippen molar-refractivity contribution in [3.8, 4) is 0 Å². The molecule has 28 heavy (non-hydrogen) atoms. The van der Waals surface area contributed by atoms with Crippen LogP contribution in [-0.2, 0) is 0 Å². The van der Waals surface area contributed by atoms with Crippen molar-refractivity contribution >= 4 is 24.1 Å². The molecule has 1 aliphatic heterocycles. The van der Waals surface area contributed by atoms with Gasteiger partial charge >= 0.3 is 6.03 Å². The lowest BCUT2D eigenvalue weighted by atomic mass is 9.53. The van der Waals surface area contributed by atoms with Crippen LogP contribution in [0.1, 0.15) is 49.7 Å². The van der Waals surface area contributed by atoms with Crippen LogP contribution in [0.4, 0.5) is 10.5 Å². The predicted molar refractivity (Wildman–Crippen MR) is 116 cm³/mol. The highest BCUT2D eigenvalue weighted by Crippen LogP contribution is 2.55. The molecule has 1 N–H and O–H groups in total. The summed E-state index contributed by atoms with van der Waals surface area (Å²) >= 11 is 0. The number of piperazine rings is 1. The van der Waals surface area contributed by atoms with Gasteiger partial charge in [-0.1, -0.05) is 12.1 Å². The minimum atomic E-state index is 0. The molecule has 154 valence electrons. The maximum atomic E-state index is 13.0. The molecule has 4 bridgehead atoms. The third-order valence-electron chi connectivity index (χ3n) is 7.89. The van der Waals surface area contributed by atoms with E-state index in [4.69, 9.17) is 0 Å². The van der Waals surface area contributed by atoms with Crippen LogP contribution in [0, 0.1) is 31.6 Å². The van der Waals surface area contributed by atoms with Crippen molar-refractivity contribution in [2.24, 2.45) is 17.8 Å². The number of urea groups is 1. The van der Waals surface area contributed by atoms with Crippen molar-refractivity contribution in [2.75, 3.05) is 31.1 Å². The highest BCUT2D eigenvalue weighted by Gasteiger charge is 2.51. The molecule has 4 aliphatic carbocycles. The zero-order valence-corrected chi connectivity index (χ0v) is 18.1. The van der Waals surface area contributed by atoms with Crippen molar-refractivity contribution in [3.05, 3.63) is 29.3 Å². The van der Waals surface area contributed by atoms with Gasteiger partial charge in [0.25, 0.3) is 0 Å². The van der Waals surface area contributed by atoms with Gasteiger partial charge in [-0.15, -0.1) is 12.4 Å². The van der Waals surface area contributed by atoms with Gasteiger partial charge in [-0.25, -0.2) is 4.79 Å². The van der Waals surface area contributed by atoms with Crippen LogP contribution >= 0.6 is 12.4 Å². The number of amides is 2. The maximum Gasteiger partial charge on any atom is 0.317 e. The van der Waals surface area contributed by atoms with Crippen LogP contribution in [-0.4, -0.2) is 42.6 Å². The summed E-state index contributed by atoms with van der Waals surface area (Å²) in [6, 6.07) is 6.73. The zero-order valence-electron chi connectivity index (χ0n) is 17.2. The molecular formula is C23H34ClN3O. The van der Waals surface area contributed by atoms with Gasteiger partial charge < -0.3 is 15.1 Å². The number of anilines is 1. The van der Waals surface area contributed by atoms with Gasteiger partial charge in [0, 0.05) is 37.4 Å². The van der Waals surface area contributed by atoms with Crippen LogP contribution in [0.15, 0.2) is 18.2 Å². The fourth-order valence-electron chi connectivity index (χ4n) is 6.80. The molecule has 2 amide bonds. The molecule has 0 aromatic heterocycles. The molecule has 0 unspecified atom stereocenters. The Hall–Kier alpha value is -1.42. The van der Waals surface area contributed by atoms with E-state index < -0.39 is 0 Å². The number of nitrogens with zero attached hydrogens (tertiary/aromatic N) is 2. The monoisotopic (exact) mass is 403 g/mol. The second-order valence-corrected chi connectivity index (χ2v) is 9.82. The molecule has 5 fully saturated rings. The highest BCUT2D eigenvalue weighted by atomic mass is 35.5. The Kier molecular flexibility index (Phi) is 5.28. The first kappa shape index (κ1) is 19.9. The van der Waals surface area contributed by atoms with Gasteiger partial charge in [-0.3, -0.25) is 0 Å². The van der Waals surface area contributed by atoms with E-state index in [0.717, 1.165) is 43.9 Å². The number of nitrogens with one attached hydrogen (secondary N) is 1. The molecule has 5 aliphatic rings. The normalized spacial score (nSPS) is 33.6. The second-order valence-electron chi connectivity index (χ2n) is 9.82. The number of aryl methyl sites for hydroxylation is 1. The molecule has 6 rings (SSSR count). The summed E-state index contributed by atoms with van der Waals surface area (Å²) in [5.74, 6) is 2.62. The SMILES string of the molecule is Cc1cccc(N2CCN(C(=O)NC34CC5CC(CC(C5)C3)C4)CC2)c1C.Cl. The number of rotatable bonds is 2. The summed E-state index contributed by atoms with van der Waals surface area (Å²) in [7, 11) is 0. The van der Waals surface area contributed by atoms with Crippen molar-refractivity contribution in [1.82, 2.24) is 10.2 Å². The second kappa shape index (κ2) is 7.44. The molecule has 1 heterocycles. The Balaban J connectivity index is 0.00000192. The molecule has 1 aromatic rings. The molecule has 4 saturated carbocycles. The van der Waals surface area contributed by atoms with Gasteiger partial charge in [-0.2, -0.15) is 0 Å². The van der Waals surface area contributed by atoms with E-state index in [1.54, 1.807) is 0 Å². The van der Waals surface area contributed by atoms with Gasteiger partial charge in [-0.05, 0) is 87.3 Å². The fraction of sp³-hybridized carbons (Fsp3) is 0.696. The van der Waals surface area contributed by atoms with E-state index in [1.165, 1.54) is 55.3 Å².